The summed E-state index contributed by atoms with van der Waals surface area (Å²) in [4.78, 5) is 27.4. The average molecular weight is 457 g/mol. The van der Waals surface area contributed by atoms with Gasteiger partial charge in [0, 0.05) is 24.0 Å². The number of aromatic nitrogens is 2. The Labute approximate surface area is 191 Å². The zero-order valence-electron chi connectivity index (χ0n) is 18.0. The van der Waals surface area contributed by atoms with E-state index in [0.29, 0.717) is 18.0 Å². The number of carbonyl (C=O) groups is 2. The van der Waals surface area contributed by atoms with Crippen molar-refractivity contribution in [3.8, 4) is 0 Å². The summed E-state index contributed by atoms with van der Waals surface area (Å²) in [6.07, 6.45) is 3.27. The monoisotopic (exact) mass is 456 g/mol. The molecule has 1 aliphatic carbocycles. The third-order valence-electron chi connectivity index (χ3n) is 6.03. The molecule has 8 heteroatoms. The molecule has 1 heterocycles. The number of carbonyl (C=O) groups excluding carboxylic acids is 2. The van der Waals surface area contributed by atoms with Gasteiger partial charge in [-0.05, 0) is 37.8 Å². The Morgan fingerprint density at radius 2 is 2.00 bits per heavy atom. The number of aryl methyl sites for hydroxylation is 1. The number of fused-ring (bicyclic) bond motifs is 1. The van der Waals surface area contributed by atoms with E-state index in [4.69, 9.17) is 11.6 Å². The topological polar surface area (TPSA) is 67.2 Å². The number of nitrogens with one attached hydrogen (secondary N) is 1. The van der Waals surface area contributed by atoms with Crippen molar-refractivity contribution in [3.63, 3.8) is 0 Å². The van der Waals surface area contributed by atoms with Crippen LogP contribution in [-0.2, 0) is 22.7 Å². The summed E-state index contributed by atoms with van der Waals surface area (Å²) in [5, 5.41) is 8.24. The predicted molar refractivity (Wildman–Crippen MR) is 122 cm³/mol. The van der Waals surface area contributed by atoms with E-state index >= 15 is 0 Å². The highest BCUT2D eigenvalue weighted by atomic mass is 35.5. The third kappa shape index (κ3) is 4.93. The van der Waals surface area contributed by atoms with Crippen molar-refractivity contribution in [3.05, 3.63) is 64.6 Å². The third-order valence-corrected chi connectivity index (χ3v) is 6.32. The summed E-state index contributed by atoms with van der Waals surface area (Å²) in [5.41, 5.74) is 2.06. The van der Waals surface area contributed by atoms with Gasteiger partial charge in [-0.1, -0.05) is 48.4 Å². The van der Waals surface area contributed by atoms with Crippen molar-refractivity contribution in [1.82, 2.24) is 20.0 Å². The molecule has 3 aromatic rings. The molecule has 1 N–H and O–H groups in total. The molecule has 0 unspecified atom stereocenters. The molecule has 32 heavy (non-hydrogen) atoms. The van der Waals surface area contributed by atoms with E-state index in [1.54, 1.807) is 21.7 Å². The summed E-state index contributed by atoms with van der Waals surface area (Å²) in [6.45, 7) is 2.46. The van der Waals surface area contributed by atoms with Crippen LogP contribution in [0.3, 0.4) is 0 Å². The van der Waals surface area contributed by atoms with Gasteiger partial charge in [-0.25, -0.2) is 4.39 Å². The first-order valence-electron chi connectivity index (χ1n) is 10.8. The van der Waals surface area contributed by atoms with E-state index in [2.05, 4.69) is 10.4 Å². The second-order valence-electron chi connectivity index (χ2n) is 8.32. The lowest BCUT2D eigenvalue weighted by Crippen LogP contribution is -2.45. The Hall–Kier alpha value is -2.93. The summed E-state index contributed by atoms with van der Waals surface area (Å²) < 4.78 is 15.8. The highest BCUT2D eigenvalue weighted by Crippen LogP contribution is 2.27. The number of para-hydroxylation sites is 1. The molecule has 1 aliphatic rings. The molecule has 4 rings (SSSR count). The molecule has 0 radical (unpaired) electrons. The Kier molecular flexibility index (Phi) is 6.74. The van der Waals surface area contributed by atoms with Crippen molar-refractivity contribution in [2.24, 2.45) is 5.92 Å². The van der Waals surface area contributed by atoms with Crippen LogP contribution < -0.4 is 5.32 Å². The van der Waals surface area contributed by atoms with Gasteiger partial charge in [0.1, 0.15) is 12.4 Å². The first-order valence-corrected chi connectivity index (χ1v) is 11.2. The van der Waals surface area contributed by atoms with Gasteiger partial charge >= 0.3 is 0 Å². The number of hydrogen-bond acceptors (Lipinski definition) is 3. The molecule has 0 spiro atoms. The average Bonchev–Trinajstić information content (AvgIpc) is 3.06. The molecule has 0 saturated heterocycles. The maximum atomic E-state index is 14.1. The maximum Gasteiger partial charge on any atom is 0.244 e. The molecule has 2 aromatic carbocycles. The number of rotatable bonds is 8. The fourth-order valence-corrected chi connectivity index (χ4v) is 4.19. The highest BCUT2D eigenvalue weighted by molar-refractivity contribution is 6.30. The zero-order chi connectivity index (χ0) is 22.7. The van der Waals surface area contributed by atoms with Crippen LogP contribution in [0, 0.1) is 18.7 Å². The normalized spacial score (nSPS) is 13.7. The molecule has 1 fully saturated rings. The number of amides is 2. The molecule has 1 saturated carbocycles. The lowest BCUT2D eigenvalue weighted by Gasteiger charge is -2.32. The Morgan fingerprint density at radius 1 is 1.22 bits per heavy atom. The molecule has 0 atom stereocenters. The summed E-state index contributed by atoms with van der Waals surface area (Å²) >= 11 is 5.81. The van der Waals surface area contributed by atoms with Gasteiger partial charge in [-0.2, -0.15) is 5.10 Å². The van der Waals surface area contributed by atoms with Crippen LogP contribution in [0.25, 0.3) is 10.9 Å². The minimum Gasteiger partial charge on any atom is -0.350 e. The van der Waals surface area contributed by atoms with Crippen molar-refractivity contribution >= 4 is 34.3 Å². The van der Waals surface area contributed by atoms with Gasteiger partial charge in [-0.15, -0.1) is 0 Å². The molecule has 2 amide bonds. The van der Waals surface area contributed by atoms with Gasteiger partial charge in [0.2, 0.25) is 11.8 Å². The molecule has 6 nitrogen and oxygen atoms in total. The van der Waals surface area contributed by atoms with Crippen LogP contribution in [0.4, 0.5) is 4.39 Å². The maximum absolute atomic E-state index is 14.1. The van der Waals surface area contributed by atoms with Crippen LogP contribution in [0.5, 0.6) is 0 Å². The van der Waals surface area contributed by atoms with Crippen LogP contribution in [0.1, 0.15) is 30.5 Å². The summed E-state index contributed by atoms with van der Waals surface area (Å²) in [7, 11) is 0. The van der Waals surface area contributed by atoms with Crippen LogP contribution >= 0.6 is 11.6 Å². The number of benzene rings is 2. The molecular weight excluding hydrogens is 431 g/mol. The van der Waals surface area contributed by atoms with E-state index in [-0.39, 0.29) is 36.5 Å². The molecule has 1 aromatic heterocycles. The van der Waals surface area contributed by atoms with Crippen LogP contribution in [0.2, 0.25) is 5.02 Å². The summed E-state index contributed by atoms with van der Waals surface area (Å²) in [5.74, 6) is -0.626. The van der Waals surface area contributed by atoms with E-state index in [9.17, 15) is 14.0 Å². The highest BCUT2D eigenvalue weighted by Gasteiger charge is 2.26. The quantitative estimate of drug-likeness (QED) is 0.555. The second-order valence-corrected chi connectivity index (χ2v) is 8.73. The van der Waals surface area contributed by atoms with Gasteiger partial charge in [0.05, 0.1) is 22.8 Å². The predicted octanol–water partition coefficient (Wildman–Crippen LogP) is 4.08. The standard InChI is InChI=1S/C24H26ClFN4O2/c1-16-19-9-2-3-11-21(19)30(28-16)15-23(32)29(13-17-6-4-7-17)14-22(31)27-12-18-8-5-10-20(25)24(18)26/h2-3,5,8-11,17H,4,6-7,12-15H2,1H3,(H,27,31). The van der Waals surface area contributed by atoms with Crippen molar-refractivity contribution < 1.29 is 14.0 Å². The number of nitrogens with zero attached hydrogens (tertiary/aromatic N) is 3. The Balaban J connectivity index is 1.43. The Morgan fingerprint density at radius 3 is 2.75 bits per heavy atom. The smallest absolute Gasteiger partial charge is 0.244 e. The zero-order valence-corrected chi connectivity index (χ0v) is 18.7. The largest absolute Gasteiger partial charge is 0.350 e. The number of hydrogen-bond donors (Lipinski definition) is 1. The first-order chi connectivity index (χ1) is 15.4. The van der Waals surface area contributed by atoms with Gasteiger partial charge in [0.15, 0.2) is 0 Å². The SMILES string of the molecule is Cc1nn(CC(=O)N(CC(=O)NCc2cccc(Cl)c2F)CC2CCC2)c2ccccc12. The molecular formula is C24H26ClFN4O2. The number of halogens is 2. The van der Waals surface area contributed by atoms with Gasteiger partial charge in [-0.3, -0.25) is 14.3 Å². The van der Waals surface area contributed by atoms with Crippen LogP contribution in [-0.4, -0.2) is 39.6 Å². The fourth-order valence-electron chi connectivity index (χ4n) is 3.99. The summed E-state index contributed by atoms with van der Waals surface area (Å²) in [6, 6.07) is 12.4. The molecule has 168 valence electrons. The minimum atomic E-state index is -0.544. The minimum absolute atomic E-state index is 0.0136. The van der Waals surface area contributed by atoms with E-state index in [1.165, 1.54) is 6.07 Å². The first kappa shape index (κ1) is 22.3. The van der Waals surface area contributed by atoms with E-state index < -0.39 is 5.82 Å². The van der Waals surface area contributed by atoms with Crippen LogP contribution in [0.15, 0.2) is 42.5 Å². The lowest BCUT2D eigenvalue weighted by molar-refractivity contribution is -0.137. The Bertz CT molecular complexity index is 1140. The van der Waals surface area contributed by atoms with Crippen molar-refractivity contribution in [2.45, 2.75) is 39.3 Å². The molecule has 0 aliphatic heterocycles. The van der Waals surface area contributed by atoms with Gasteiger partial charge < -0.3 is 10.2 Å². The van der Waals surface area contributed by atoms with Crippen molar-refractivity contribution in [1.29, 1.82) is 0 Å². The molecule has 0 bridgehead atoms. The second kappa shape index (κ2) is 9.69. The van der Waals surface area contributed by atoms with E-state index in [0.717, 1.165) is 35.9 Å². The lowest BCUT2D eigenvalue weighted by atomic mass is 9.85. The van der Waals surface area contributed by atoms with E-state index in [1.807, 2.05) is 31.2 Å². The fraction of sp³-hybridized carbons (Fsp3) is 0.375. The van der Waals surface area contributed by atoms with Gasteiger partial charge in [0.25, 0.3) is 0 Å². The van der Waals surface area contributed by atoms with Crippen molar-refractivity contribution in [2.75, 3.05) is 13.1 Å².